The fourth-order valence-electron chi connectivity index (χ4n) is 0. The van der Waals surface area contributed by atoms with Crippen molar-refractivity contribution in [2.75, 3.05) is 0 Å². The summed E-state index contributed by atoms with van der Waals surface area (Å²) < 4.78 is 0. The molecule has 3 N–H and O–H groups in total. The highest BCUT2D eigenvalue weighted by Crippen LogP contribution is 1.68. The predicted molar refractivity (Wildman–Crippen MR) is 21.3 cm³/mol. The molecule has 1 atom stereocenters. The molecule has 0 bridgehead atoms. The largest absolute Gasteiger partial charge is 0.480 e. The molecule has 0 amide bonds. The number of carboxylic acids is 1. The van der Waals surface area contributed by atoms with Gasteiger partial charge in [0.2, 0.25) is 0 Å². The third-order valence-electron chi connectivity index (χ3n) is 0.390. The Kier molecular flexibility index (Phi) is 1.60. The highest BCUT2D eigenvalue weighted by molar-refractivity contribution is 5.72. The average Bonchev–Trinajstić information content (AvgIpc) is 1.36. The summed E-state index contributed by atoms with van der Waals surface area (Å²) >= 11 is 0. The van der Waals surface area contributed by atoms with Gasteiger partial charge in [-0.05, 0) is 6.92 Å². The normalized spacial score (nSPS) is 13.7. The van der Waals surface area contributed by atoms with Crippen LogP contribution in [0.3, 0.4) is 0 Å². The van der Waals surface area contributed by atoms with E-state index in [2.05, 4.69) is 0 Å². The lowest BCUT2D eigenvalue weighted by Gasteiger charge is -1.90. The van der Waals surface area contributed by atoms with Crippen molar-refractivity contribution in [3.8, 4) is 0 Å². The van der Waals surface area contributed by atoms with Crippen LogP contribution in [0.1, 0.15) is 6.92 Å². The Hall–Kier alpha value is -0.570. The molecule has 0 saturated carbocycles. The van der Waals surface area contributed by atoms with Crippen molar-refractivity contribution in [3.05, 3.63) is 0 Å². The maximum atomic E-state index is 9.57. The zero-order valence-corrected chi connectivity index (χ0v) is 3.51. The Bertz CT molecular complexity index is 59.8. The summed E-state index contributed by atoms with van der Waals surface area (Å²) in [7, 11) is 0. The smallest absolute Gasteiger partial charge is 0.320 e. The minimum absolute atomic E-state index is 0.731. The predicted octanol–water partition coefficient (Wildman–Crippen LogP) is -0.582. The highest BCUT2D eigenvalue weighted by Gasteiger charge is 1.99. The lowest BCUT2D eigenvalue weighted by molar-refractivity contribution is -0.138. The summed E-state index contributed by atoms with van der Waals surface area (Å²) in [6.07, 6.45) is 0. The van der Waals surface area contributed by atoms with Crippen LogP contribution in [0.2, 0.25) is 0 Å². The second kappa shape index (κ2) is 1.77. The van der Waals surface area contributed by atoms with Gasteiger partial charge < -0.3 is 10.8 Å². The van der Waals surface area contributed by atoms with Gasteiger partial charge in [-0.1, -0.05) is 0 Å². The number of aliphatic carboxylic acids is 1. The van der Waals surface area contributed by atoms with Gasteiger partial charge in [-0.15, -0.1) is 0 Å². The van der Waals surface area contributed by atoms with Crippen LogP contribution in [0.15, 0.2) is 0 Å². The summed E-state index contributed by atoms with van der Waals surface area (Å²) in [5, 5.41) is 7.87. The van der Waals surface area contributed by atoms with Crippen LogP contribution in [0, 0.1) is 0 Å². The number of rotatable bonds is 1. The van der Waals surface area contributed by atoms with Gasteiger partial charge in [0.15, 0.2) is 0 Å². The monoisotopic (exact) mass is 93.1 g/mol. The minimum atomic E-state index is -0.963. The highest BCUT2D eigenvalue weighted by atomic mass is 18.2. The Balaban J connectivity index is 3.26. The molecule has 0 aromatic heterocycles. The Morgan fingerprint density at radius 3 is 2.17 bits per heavy atom. The lowest BCUT2D eigenvalue weighted by atomic mass is 10.4. The van der Waals surface area contributed by atoms with Crippen LogP contribution >= 0.6 is 0 Å². The Labute approximate surface area is 35.8 Å². The van der Waals surface area contributed by atoms with Crippen molar-refractivity contribution in [3.63, 3.8) is 0 Å². The number of carboxylic acid groups (broad SMARTS) is 1. The molecule has 0 radical (unpaired) electrons. The van der Waals surface area contributed by atoms with Crippen molar-refractivity contribution in [2.24, 2.45) is 5.73 Å². The van der Waals surface area contributed by atoms with Gasteiger partial charge in [-0.2, -0.15) is 0 Å². The summed E-state index contributed by atoms with van der Waals surface area (Å²) in [6, 6.07) is -0.731. The van der Waals surface area contributed by atoms with E-state index >= 15 is 0 Å². The van der Waals surface area contributed by atoms with Gasteiger partial charge in [0, 0.05) is 0 Å². The van der Waals surface area contributed by atoms with Gasteiger partial charge in [0.1, 0.15) is 6.04 Å². The fourth-order valence-corrected chi connectivity index (χ4v) is 0. The zero-order chi connectivity index (χ0) is 5.15. The topological polar surface area (TPSA) is 63.3 Å². The first kappa shape index (κ1) is 5.43. The van der Waals surface area contributed by atoms with Crippen molar-refractivity contribution in [2.45, 2.75) is 13.0 Å². The molecule has 0 saturated heterocycles. The fraction of sp³-hybridized carbons (Fsp3) is 0.667. The van der Waals surface area contributed by atoms with Gasteiger partial charge in [-0.3, -0.25) is 4.79 Å². The molecule has 6 heavy (non-hydrogen) atoms. The summed E-state index contributed by atoms with van der Waals surface area (Å²) in [5.74, 6) is -0.963. The molecule has 0 spiro atoms. The van der Waals surface area contributed by atoms with Crippen molar-refractivity contribution in [1.82, 2.24) is 0 Å². The maximum absolute atomic E-state index is 9.57. The van der Waals surface area contributed by atoms with Gasteiger partial charge in [-0.25, -0.2) is 0 Å². The molecule has 0 heterocycles. The number of hydrogen-bond acceptors (Lipinski definition) is 2. The third kappa shape index (κ3) is 1.72. The first-order valence-corrected chi connectivity index (χ1v) is 1.63. The van der Waals surface area contributed by atoms with E-state index in [-0.39, 0.29) is 0 Å². The molecule has 0 rings (SSSR count). The summed E-state index contributed by atoms with van der Waals surface area (Å²) in [5.41, 5.74) is 4.84. The average molecular weight is 93.1 g/mol. The van der Waals surface area contributed by atoms with Crippen LogP contribution in [0.25, 0.3) is 0 Å². The molecule has 0 fully saturated rings. The molecule has 0 aliphatic heterocycles. The van der Waals surface area contributed by atoms with Crippen LogP contribution in [0.4, 0.5) is 0 Å². The van der Waals surface area contributed by atoms with Crippen molar-refractivity contribution >= 4 is 5.97 Å². The van der Waals surface area contributed by atoms with E-state index in [0.29, 0.717) is 0 Å². The van der Waals surface area contributed by atoms with E-state index in [9.17, 15) is 4.79 Å². The second-order valence-electron chi connectivity index (χ2n) is 1.13. The minimum Gasteiger partial charge on any atom is -0.480 e. The van der Waals surface area contributed by atoms with Gasteiger partial charge >= 0.3 is 5.97 Å². The molecule has 0 unspecified atom stereocenters. The Morgan fingerprint density at radius 1 is 2.00 bits per heavy atom. The van der Waals surface area contributed by atoms with Gasteiger partial charge in [0.05, 0.1) is 0 Å². The summed E-state index contributed by atoms with van der Waals surface area (Å²) in [6.45, 7) is 1.42. The van der Waals surface area contributed by atoms with E-state index in [0.717, 1.165) is 0 Å². The zero-order valence-electron chi connectivity index (χ0n) is 3.51. The molecule has 36 valence electrons. The molecule has 3 heteroatoms. The van der Waals surface area contributed by atoms with E-state index in [1.807, 2.05) is 0 Å². The van der Waals surface area contributed by atoms with Crippen LogP contribution < -0.4 is 5.73 Å². The molecule has 0 aromatic carbocycles. The number of nitrogens with two attached hydrogens (primary N) is 1. The maximum Gasteiger partial charge on any atom is 0.320 e. The quantitative estimate of drug-likeness (QED) is 0.426. The van der Waals surface area contributed by atoms with E-state index in [4.69, 9.17) is 10.8 Å². The van der Waals surface area contributed by atoms with Gasteiger partial charge in [0.25, 0.3) is 0 Å². The van der Waals surface area contributed by atoms with E-state index in [1.54, 1.807) is 0 Å². The third-order valence-corrected chi connectivity index (χ3v) is 0.390. The van der Waals surface area contributed by atoms with E-state index < -0.39 is 12.0 Å². The molecular formula is C3H7NO2. The molecule has 0 aromatic rings. The van der Waals surface area contributed by atoms with Crippen LogP contribution in [0.5, 0.6) is 0 Å². The number of hydrogen-bond donors (Lipinski definition) is 2. The molecule has 3 nitrogen and oxygen atoms in total. The van der Waals surface area contributed by atoms with Crippen molar-refractivity contribution in [1.29, 1.82) is 0 Å². The first-order valence-electron chi connectivity index (χ1n) is 1.63. The lowest BCUT2D eigenvalue weighted by Crippen LogP contribution is -2.25. The standard InChI is InChI=1S/C3H7NO2/c1-2(4)3(5)6/h2H,4H2,1H3,(H,5,6)/t2-/m0/s1/i5+2,6+2. The SMILES string of the molecule is C[C@H](N)C(=[18O])[18OH]. The van der Waals surface area contributed by atoms with Crippen LogP contribution in [-0.2, 0) is 4.79 Å². The summed E-state index contributed by atoms with van der Waals surface area (Å²) in [4.78, 5) is 9.57. The first-order chi connectivity index (χ1) is 2.64. The molecular weight excluding hydrogens is 86.0 g/mol. The molecule has 0 aliphatic carbocycles. The van der Waals surface area contributed by atoms with E-state index in [1.165, 1.54) is 6.92 Å². The Morgan fingerprint density at radius 2 is 2.17 bits per heavy atom. The molecule has 0 aliphatic rings. The van der Waals surface area contributed by atoms with Crippen LogP contribution in [-0.4, -0.2) is 17.1 Å². The number of carbonyl (C=O) groups is 1. The second-order valence-corrected chi connectivity index (χ2v) is 1.13. The van der Waals surface area contributed by atoms with Crippen molar-refractivity contribution < 1.29 is 9.90 Å².